The Morgan fingerprint density at radius 1 is 1.24 bits per heavy atom. The second kappa shape index (κ2) is 13.7. The maximum absolute atomic E-state index is 10.8. The number of nitro groups is 1. The van der Waals surface area contributed by atoms with Crippen LogP contribution in [-0.4, -0.2) is 73.7 Å². The summed E-state index contributed by atoms with van der Waals surface area (Å²) >= 11 is 0. The van der Waals surface area contributed by atoms with E-state index in [1.54, 1.807) is 19.2 Å². The third kappa shape index (κ3) is 9.26. The number of piperazine rings is 1. The molecule has 8 nitrogen and oxygen atoms in total. The number of aliphatic imine (C=N–C) groups is 1. The lowest BCUT2D eigenvalue weighted by Crippen LogP contribution is -2.53. The van der Waals surface area contributed by atoms with E-state index < -0.39 is 0 Å². The molecule has 164 valence electrons. The van der Waals surface area contributed by atoms with Gasteiger partial charge in [-0.2, -0.15) is 0 Å². The van der Waals surface area contributed by atoms with E-state index in [0.29, 0.717) is 19.1 Å². The van der Waals surface area contributed by atoms with Crippen molar-refractivity contribution in [3.63, 3.8) is 0 Å². The molecular formula is C20H34IN5O3. The van der Waals surface area contributed by atoms with Crippen LogP contribution in [0.1, 0.15) is 25.8 Å². The highest BCUT2D eigenvalue weighted by molar-refractivity contribution is 14.0. The molecule has 0 atom stereocenters. The Hall–Kier alpha value is -1.46. The Kier molecular flexibility index (Phi) is 12.1. The zero-order chi connectivity index (χ0) is 20.4. The van der Waals surface area contributed by atoms with Gasteiger partial charge in [-0.05, 0) is 17.9 Å². The van der Waals surface area contributed by atoms with E-state index in [4.69, 9.17) is 9.73 Å². The lowest BCUT2D eigenvalue weighted by Gasteiger charge is -2.37. The van der Waals surface area contributed by atoms with Crippen LogP contribution in [0.25, 0.3) is 0 Å². The van der Waals surface area contributed by atoms with Gasteiger partial charge in [-0.1, -0.05) is 26.0 Å². The second-order valence-corrected chi connectivity index (χ2v) is 7.52. The van der Waals surface area contributed by atoms with Gasteiger partial charge in [0.25, 0.3) is 5.69 Å². The molecule has 1 aliphatic rings. The van der Waals surface area contributed by atoms with Crippen molar-refractivity contribution in [3.8, 4) is 0 Å². The average Bonchev–Trinajstić information content (AvgIpc) is 2.68. The summed E-state index contributed by atoms with van der Waals surface area (Å²) in [5.41, 5.74) is 1.06. The van der Waals surface area contributed by atoms with Crippen molar-refractivity contribution in [1.82, 2.24) is 15.1 Å². The predicted octanol–water partition coefficient (Wildman–Crippen LogP) is 2.97. The van der Waals surface area contributed by atoms with Gasteiger partial charge < -0.3 is 15.0 Å². The number of non-ortho nitro benzene ring substituents is 1. The summed E-state index contributed by atoms with van der Waals surface area (Å²) in [4.78, 5) is 20.0. The lowest BCUT2D eigenvalue weighted by atomic mass is 10.2. The van der Waals surface area contributed by atoms with Crippen LogP contribution >= 0.6 is 24.0 Å². The highest BCUT2D eigenvalue weighted by Gasteiger charge is 2.20. The van der Waals surface area contributed by atoms with Gasteiger partial charge in [-0.3, -0.25) is 15.0 Å². The van der Waals surface area contributed by atoms with Crippen molar-refractivity contribution in [2.45, 2.75) is 26.8 Å². The third-order valence-electron chi connectivity index (χ3n) is 4.66. The van der Waals surface area contributed by atoms with E-state index in [-0.39, 0.29) is 34.6 Å². The van der Waals surface area contributed by atoms with Gasteiger partial charge in [-0.25, -0.2) is 4.99 Å². The minimum absolute atomic E-state index is 0. The van der Waals surface area contributed by atoms with Crippen LogP contribution < -0.4 is 5.32 Å². The smallest absolute Gasteiger partial charge is 0.269 e. The minimum atomic E-state index is -0.382. The molecule has 0 spiro atoms. The number of halogens is 1. The van der Waals surface area contributed by atoms with E-state index in [0.717, 1.165) is 57.2 Å². The number of hydrogen-bond donors (Lipinski definition) is 1. The molecule has 1 aliphatic heterocycles. The molecule has 1 aromatic carbocycles. The van der Waals surface area contributed by atoms with Crippen molar-refractivity contribution in [3.05, 3.63) is 39.9 Å². The van der Waals surface area contributed by atoms with Crippen LogP contribution in [0.4, 0.5) is 5.69 Å². The highest BCUT2D eigenvalue weighted by atomic mass is 127. The topological polar surface area (TPSA) is 83.2 Å². The van der Waals surface area contributed by atoms with Crippen molar-refractivity contribution < 1.29 is 9.66 Å². The number of nitrogens with one attached hydrogen (secondary N) is 1. The SMILES string of the molecule is COCCCNC(=NCc1ccc([N+](=O)[O-])cc1)N1CCN(CC(C)C)CC1.I. The third-order valence-corrected chi connectivity index (χ3v) is 4.66. The molecule has 29 heavy (non-hydrogen) atoms. The number of nitrogens with zero attached hydrogens (tertiary/aromatic N) is 4. The quantitative estimate of drug-likeness (QED) is 0.135. The van der Waals surface area contributed by atoms with E-state index in [1.165, 1.54) is 12.1 Å². The van der Waals surface area contributed by atoms with Crippen molar-refractivity contribution in [2.75, 3.05) is 53.0 Å². The molecule has 1 fully saturated rings. The van der Waals surface area contributed by atoms with Gasteiger partial charge >= 0.3 is 0 Å². The van der Waals surface area contributed by atoms with Crippen molar-refractivity contribution >= 4 is 35.6 Å². The second-order valence-electron chi connectivity index (χ2n) is 7.52. The molecule has 0 radical (unpaired) electrons. The summed E-state index contributed by atoms with van der Waals surface area (Å²) in [6.07, 6.45) is 0.917. The fourth-order valence-electron chi connectivity index (χ4n) is 3.23. The number of rotatable bonds is 9. The molecule has 1 N–H and O–H groups in total. The van der Waals surface area contributed by atoms with Gasteiger partial charge in [0, 0.05) is 65.1 Å². The van der Waals surface area contributed by atoms with Gasteiger partial charge in [-0.15, -0.1) is 24.0 Å². The molecule has 0 aromatic heterocycles. The normalized spacial score (nSPS) is 15.3. The van der Waals surface area contributed by atoms with Gasteiger partial charge in [0.05, 0.1) is 11.5 Å². The summed E-state index contributed by atoms with van der Waals surface area (Å²) in [6, 6.07) is 6.60. The molecule has 1 heterocycles. The standard InChI is InChI=1S/C20H33N5O3.HI/c1-17(2)16-23-10-12-24(13-11-23)20(21-9-4-14-28-3)22-15-18-5-7-19(8-6-18)25(26)27;/h5-8,17H,4,9-16H2,1-3H3,(H,21,22);1H. The molecule has 0 unspecified atom stereocenters. The maximum atomic E-state index is 10.8. The van der Waals surface area contributed by atoms with Crippen LogP contribution in [0.15, 0.2) is 29.3 Å². The molecule has 9 heteroatoms. The van der Waals surface area contributed by atoms with Crippen LogP contribution in [-0.2, 0) is 11.3 Å². The minimum Gasteiger partial charge on any atom is -0.385 e. The molecule has 1 saturated heterocycles. The number of methoxy groups -OCH3 is 1. The number of ether oxygens (including phenoxy) is 1. The Bertz CT molecular complexity index is 632. The number of guanidine groups is 1. The van der Waals surface area contributed by atoms with Crippen molar-refractivity contribution in [1.29, 1.82) is 0 Å². The summed E-state index contributed by atoms with van der Waals surface area (Å²) in [5.74, 6) is 1.58. The Labute approximate surface area is 190 Å². The Morgan fingerprint density at radius 2 is 1.90 bits per heavy atom. The largest absolute Gasteiger partial charge is 0.385 e. The molecular weight excluding hydrogens is 485 g/mol. The van der Waals surface area contributed by atoms with E-state index >= 15 is 0 Å². The number of benzene rings is 1. The average molecular weight is 519 g/mol. The van der Waals surface area contributed by atoms with Crippen LogP contribution in [0.5, 0.6) is 0 Å². The first kappa shape index (κ1) is 25.6. The maximum Gasteiger partial charge on any atom is 0.269 e. The molecule has 1 aromatic rings. The predicted molar refractivity (Wildman–Crippen MR) is 127 cm³/mol. The lowest BCUT2D eigenvalue weighted by molar-refractivity contribution is -0.384. The summed E-state index contributed by atoms with van der Waals surface area (Å²) in [7, 11) is 1.71. The van der Waals surface area contributed by atoms with Gasteiger partial charge in [0.2, 0.25) is 0 Å². The Balaban J connectivity index is 0.00000420. The Morgan fingerprint density at radius 3 is 2.45 bits per heavy atom. The van der Waals surface area contributed by atoms with Crippen LogP contribution in [0.2, 0.25) is 0 Å². The van der Waals surface area contributed by atoms with E-state index in [9.17, 15) is 10.1 Å². The summed E-state index contributed by atoms with van der Waals surface area (Å²) in [6.45, 7) is 11.6. The fourth-order valence-corrected chi connectivity index (χ4v) is 3.23. The van der Waals surface area contributed by atoms with Crippen molar-refractivity contribution in [2.24, 2.45) is 10.9 Å². The highest BCUT2D eigenvalue weighted by Crippen LogP contribution is 2.13. The van der Waals surface area contributed by atoms with E-state index in [1.807, 2.05) is 0 Å². The monoisotopic (exact) mass is 519 g/mol. The zero-order valence-corrected chi connectivity index (χ0v) is 20.0. The van der Waals surface area contributed by atoms with Crippen LogP contribution in [0, 0.1) is 16.0 Å². The molecule has 0 saturated carbocycles. The molecule has 0 aliphatic carbocycles. The first-order chi connectivity index (χ1) is 13.5. The fraction of sp³-hybridized carbons (Fsp3) is 0.650. The molecule has 0 amide bonds. The molecule has 2 rings (SSSR count). The van der Waals surface area contributed by atoms with Gasteiger partial charge in [0.15, 0.2) is 5.96 Å². The zero-order valence-electron chi connectivity index (χ0n) is 17.7. The first-order valence-corrected chi connectivity index (χ1v) is 9.97. The number of hydrogen-bond acceptors (Lipinski definition) is 5. The number of nitro benzene ring substituents is 1. The van der Waals surface area contributed by atoms with Crippen LogP contribution in [0.3, 0.4) is 0 Å². The van der Waals surface area contributed by atoms with E-state index in [2.05, 4.69) is 29.0 Å². The molecule has 0 bridgehead atoms. The van der Waals surface area contributed by atoms with Gasteiger partial charge in [0.1, 0.15) is 0 Å². The summed E-state index contributed by atoms with van der Waals surface area (Å²) < 4.78 is 5.12. The first-order valence-electron chi connectivity index (χ1n) is 9.97. The summed E-state index contributed by atoms with van der Waals surface area (Å²) in [5, 5.41) is 14.2.